The van der Waals surface area contributed by atoms with Gasteiger partial charge in [-0.2, -0.15) is 11.8 Å². The topological polar surface area (TPSA) is 108 Å². The molecule has 0 spiro atoms. The number of thioether (sulfide) groups is 1. The Balaban J connectivity index is 1.91. The van der Waals surface area contributed by atoms with Crippen molar-refractivity contribution in [2.24, 2.45) is 0 Å². The molecule has 1 heterocycles. The molecule has 2 rings (SSSR count). The molecule has 8 nitrogen and oxygen atoms in total. The SMILES string of the molecule is COc1ccc(CN2C(=O)N[C@@H](CC(=O)N[C@H](CO)CCSC)C2=O)cc1. The second kappa shape index (κ2) is 10.2. The number of aliphatic hydroxyl groups is 1. The van der Waals surface area contributed by atoms with Gasteiger partial charge in [-0.1, -0.05) is 12.1 Å². The van der Waals surface area contributed by atoms with E-state index in [2.05, 4.69) is 10.6 Å². The highest BCUT2D eigenvalue weighted by Gasteiger charge is 2.39. The number of nitrogens with one attached hydrogen (secondary N) is 2. The molecule has 27 heavy (non-hydrogen) atoms. The van der Waals surface area contributed by atoms with E-state index in [4.69, 9.17) is 4.74 Å². The van der Waals surface area contributed by atoms with Gasteiger partial charge in [0.15, 0.2) is 0 Å². The first-order chi connectivity index (χ1) is 13.0. The van der Waals surface area contributed by atoms with E-state index in [1.807, 2.05) is 6.26 Å². The number of ether oxygens (including phenoxy) is 1. The Labute approximate surface area is 162 Å². The molecule has 1 aliphatic heterocycles. The Morgan fingerprint density at radius 2 is 2.07 bits per heavy atom. The fraction of sp³-hybridized carbons (Fsp3) is 0.500. The summed E-state index contributed by atoms with van der Waals surface area (Å²) in [5.41, 5.74) is 0.779. The Morgan fingerprint density at radius 1 is 1.37 bits per heavy atom. The zero-order valence-electron chi connectivity index (χ0n) is 15.4. The molecule has 0 bridgehead atoms. The van der Waals surface area contributed by atoms with E-state index < -0.39 is 18.0 Å². The third kappa shape index (κ3) is 5.86. The highest BCUT2D eigenvalue weighted by molar-refractivity contribution is 7.98. The van der Waals surface area contributed by atoms with Crippen LogP contribution in [-0.4, -0.2) is 65.7 Å². The van der Waals surface area contributed by atoms with E-state index in [9.17, 15) is 19.5 Å². The van der Waals surface area contributed by atoms with E-state index in [0.717, 1.165) is 16.2 Å². The van der Waals surface area contributed by atoms with Gasteiger partial charge < -0.3 is 20.5 Å². The molecule has 1 aromatic rings. The second-order valence-corrected chi connectivity index (χ2v) is 7.19. The summed E-state index contributed by atoms with van der Waals surface area (Å²) in [6.07, 6.45) is 2.43. The van der Waals surface area contributed by atoms with Crippen LogP contribution in [0.1, 0.15) is 18.4 Å². The number of aliphatic hydroxyl groups excluding tert-OH is 1. The van der Waals surface area contributed by atoms with Crippen LogP contribution in [0.15, 0.2) is 24.3 Å². The first-order valence-corrected chi connectivity index (χ1v) is 10.0. The Bertz CT molecular complexity index is 667. The average Bonchev–Trinajstić information content (AvgIpc) is 2.93. The summed E-state index contributed by atoms with van der Waals surface area (Å²) in [4.78, 5) is 37.9. The molecule has 0 radical (unpaired) electrons. The largest absolute Gasteiger partial charge is 0.497 e. The summed E-state index contributed by atoms with van der Waals surface area (Å²) in [6, 6.07) is 5.29. The number of hydrogen-bond acceptors (Lipinski definition) is 6. The fourth-order valence-electron chi connectivity index (χ4n) is 2.72. The van der Waals surface area contributed by atoms with Crippen molar-refractivity contribution >= 4 is 29.6 Å². The number of methoxy groups -OCH3 is 1. The molecule has 0 saturated carbocycles. The molecular formula is C18H25N3O5S. The van der Waals surface area contributed by atoms with Gasteiger partial charge in [0.05, 0.1) is 32.7 Å². The summed E-state index contributed by atoms with van der Waals surface area (Å²) in [7, 11) is 1.56. The number of rotatable bonds is 10. The van der Waals surface area contributed by atoms with Crippen molar-refractivity contribution in [3.8, 4) is 5.75 Å². The van der Waals surface area contributed by atoms with Crippen molar-refractivity contribution in [3.05, 3.63) is 29.8 Å². The molecule has 1 saturated heterocycles. The maximum Gasteiger partial charge on any atom is 0.325 e. The van der Waals surface area contributed by atoms with Crippen molar-refractivity contribution < 1.29 is 24.2 Å². The van der Waals surface area contributed by atoms with Gasteiger partial charge in [0.25, 0.3) is 5.91 Å². The summed E-state index contributed by atoms with van der Waals surface area (Å²) < 4.78 is 5.08. The zero-order valence-corrected chi connectivity index (χ0v) is 16.3. The summed E-state index contributed by atoms with van der Waals surface area (Å²) >= 11 is 1.62. The Hall–Kier alpha value is -2.26. The van der Waals surface area contributed by atoms with Gasteiger partial charge in [-0.3, -0.25) is 14.5 Å². The van der Waals surface area contributed by atoms with Crippen LogP contribution < -0.4 is 15.4 Å². The average molecular weight is 395 g/mol. The van der Waals surface area contributed by atoms with E-state index in [-0.39, 0.29) is 31.5 Å². The number of nitrogens with zero attached hydrogens (tertiary/aromatic N) is 1. The lowest BCUT2D eigenvalue weighted by Gasteiger charge is -2.17. The monoisotopic (exact) mass is 395 g/mol. The lowest BCUT2D eigenvalue weighted by atomic mass is 10.1. The van der Waals surface area contributed by atoms with E-state index in [0.29, 0.717) is 12.2 Å². The number of benzene rings is 1. The Morgan fingerprint density at radius 3 is 2.67 bits per heavy atom. The number of amides is 4. The van der Waals surface area contributed by atoms with Crippen molar-refractivity contribution in [2.75, 3.05) is 25.7 Å². The minimum Gasteiger partial charge on any atom is -0.497 e. The Kier molecular flexibility index (Phi) is 7.93. The lowest BCUT2D eigenvalue weighted by Crippen LogP contribution is -2.42. The van der Waals surface area contributed by atoms with Crippen molar-refractivity contribution in [1.29, 1.82) is 0 Å². The van der Waals surface area contributed by atoms with E-state index >= 15 is 0 Å². The molecule has 0 unspecified atom stereocenters. The maximum atomic E-state index is 12.5. The minimum atomic E-state index is -0.893. The van der Waals surface area contributed by atoms with Crippen LogP contribution in [0, 0.1) is 0 Å². The first-order valence-electron chi connectivity index (χ1n) is 8.62. The van der Waals surface area contributed by atoms with Gasteiger partial charge in [-0.05, 0) is 36.1 Å². The highest BCUT2D eigenvalue weighted by atomic mass is 32.2. The van der Waals surface area contributed by atoms with Gasteiger partial charge in [-0.15, -0.1) is 0 Å². The summed E-state index contributed by atoms with van der Waals surface area (Å²) in [5.74, 6) is 0.682. The number of carbonyl (C=O) groups is 3. The fourth-order valence-corrected chi connectivity index (χ4v) is 3.24. The molecule has 1 aromatic carbocycles. The third-order valence-corrected chi connectivity index (χ3v) is 4.90. The molecule has 0 aliphatic carbocycles. The first kappa shape index (κ1) is 21.0. The quantitative estimate of drug-likeness (QED) is 0.504. The van der Waals surface area contributed by atoms with Gasteiger partial charge in [0.1, 0.15) is 11.8 Å². The predicted octanol–water partition coefficient (Wildman–Crippen LogP) is 0.736. The summed E-state index contributed by atoms with van der Waals surface area (Å²) in [6.45, 7) is -0.0410. The van der Waals surface area contributed by atoms with Crippen LogP contribution >= 0.6 is 11.8 Å². The standard InChI is InChI=1S/C18H25N3O5S/c1-26-14-5-3-12(4-6-14)10-21-17(24)15(20-18(21)25)9-16(23)19-13(11-22)7-8-27-2/h3-6,13,15,22H,7-11H2,1-2H3,(H,19,23)(H,20,25)/t13-,15-/m0/s1. The highest BCUT2D eigenvalue weighted by Crippen LogP contribution is 2.17. The smallest absolute Gasteiger partial charge is 0.325 e. The lowest BCUT2D eigenvalue weighted by molar-refractivity contribution is -0.131. The van der Waals surface area contributed by atoms with Crippen molar-refractivity contribution in [3.63, 3.8) is 0 Å². The van der Waals surface area contributed by atoms with Gasteiger partial charge in [0, 0.05) is 0 Å². The number of urea groups is 1. The third-order valence-electron chi connectivity index (χ3n) is 4.25. The number of hydrogen-bond donors (Lipinski definition) is 3. The van der Waals surface area contributed by atoms with Crippen molar-refractivity contribution in [1.82, 2.24) is 15.5 Å². The maximum absolute atomic E-state index is 12.5. The van der Waals surface area contributed by atoms with E-state index in [1.165, 1.54) is 0 Å². The normalized spacial score (nSPS) is 17.6. The van der Waals surface area contributed by atoms with Crippen LogP contribution in [0.4, 0.5) is 4.79 Å². The molecule has 148 valence electrons. The molecule has 1 aliphatic rings. The van der Waals surface area contributed by atoms with Gasteiger partial charge >= 0.3 is 6.03 Å². The van der Waals surface area contributed by atoms with Crippen LogP contribution in [0.2, 0.25) is 0 Å². The van der Waals surface area contributed by atoms with Crippen LogP contribution in [0.5, 0.6) is 5.75 Å². The minimum absolute atomic E-state index is 0.125. The predicted molar refractivity (Wildman–Crippen MR) is 102 cm³/mol. The molecule has 9 heteroatoms. The van der Waals surface area contributed by atoms with Crippen molar-refractivity contribution in [2.45, 2.75) is 31.5 Å². The van der Waals surface area contributed by atoms with Crippen LogP contribution in [0.25, 0.3) is 0 Å². The van der Waals surface area contributed by atoms with Gasteiger partial charge in [0.2, 0.25) is 5.91 Å². The number of imide groups is 1. The molecule has 3 N–H and O–H groups in total. The van der Waals surface area contributed by atoms with Crippen LogP contribution in [0.3, 0.4) is 0 Å². The zero-order chi connectivity index (χ0) is 19.8. The number of carbonyl (C=O) groups excluding carboxylic acids is 3. The van der Waals surface area contributed by atoms with Crippen LogP contribution in [-0.2, 0) is 16.1 Å². The van der Waals surface area contributed by atoms with E-state index in [1.54, 1.807) is 43.1 Å². The molecular weight excluding hydrogens is 370 g/mol. The molecule has 4 amide bonds. The molecule has 1 fully saturated rings. The second-order valence-electron chi connectivity index (χ2n) is 6.21. The summed E-state index contributed by atoms with van der Waals surface area (Å²) in [5, 5.41) is 14.6. The molecule has 2 atom stereocenters. The molecule has 0 aromatic heterocycles. The van der Waals surface area contributed by atoms with Gasteiger partial charge in [-0.25, -0.2) is 4.79 Å².